The molecule has 0 saturated heterocycles. The van der Waals surface area contributed by atoms with Gasteiger partial charge in [0, 0.05) is 35.8 Å². The van der Waals surface area contributed by atoms with Crippen molar-refractivity contribution in [1.29, 1.82) is 0 Å². The van der Waals surface area contributed by atoms with Crippen molar-refractivity contribution in [3.05, 3.63) is 40.9 Å². The Morgan fingerprint density at radius 3 is 2.91 bits per heavy atom. The minimum absolute atomic E-state index is 0.0603. The molecule has 0 bridgehead atoms. The maximum Gasteiger partial charge on any atom is 0.253 e. The van der Waals surface area contributed by atoms with E-state index in [0.717, 1.165) is 29.1 Å². The van der Waals surface area contributed by atoms with Crippen LogP contribution in [0.15, 0.2) is 29.6 Å². The monoisotopic (exact) mass is 316 g/mol. The third kappa shape index (κ3) is 3.36. The molecule has 1 unspecified atom stereocenters. The molecular formula is C17H20N2O2S. The fraction of sp³-hybridized carbons (Fsp3) is 0.412. The van der Waals surface area contributed by atoms with Crippen LogP contribution < -0.4 is 0 Å². The summed E-state index contributed by atoms with van der Waals surface area (Å²) in [6.07, 6.45) is 1.74. The molecule has 1 atom stereocenters. The quantitative estimate of drug-likeness (QED) is 0.922. The number of benzene rings is 1. The average Bonchev–Trinajstić information content (AvgIpc) is 3.28. The molecule has 1 N–H and O–H groups in total. The first-order valence-electron chi connectivity index (χ1n) is 7.50. The van der Waals surface area contributed by atoms with Gasteiger partial charge in [-0.1, -0.05) is 12.1 Å². The van der Waals surface area contributed by atoms with E-state index in [1.165, 1.54) is 0 Å². The standard InChI is InChI=1S/C17H20N2O2S/c1-11-10-22-16(18-11)13-4-3-5-14(8-13)17(21)19(2)9-15(20)12-6-7-12/h3-5,8,10,12,15,20H,6-7,9H2,1-2H3. The molecule has 3 rings (SSSR count). The van der Waals surface area contributed by atoms with Gasteiger partial charge in [-0.15, -0.1) is 11.3 Å². The molecule has 1 aliphatic carbocycles. The fourth-order valence-corrected chi connectivity index (χ4v) is 3.28. The first-order valence-corrected chi connectivity index (χ1v) is 8.38. The van der Waals surface area contributed by atoms with E-state index in [-0.39, 0.29) is 5.91 Å². The summed E-state index contributed by atoms with van der Waals surface area (Å²) in [4.78, 5) is 18.6. The Labute approximate surface area is 134 Å². The zero-order valence-electron chi connectivity index (χ0n) is 12.8. The predicted octanol–water partition coefficient (Wildman–Crippen LogP) is 2.96. The van der Waals surface area contributed by atoms with Gasteiger partial charge in [0.2, 0.25) is 0 Å². The number of rotatable bonds is 5. The number of carbonyl (C=O) groups is 1. The zero-order valence-corrected chi connectivity index (χ0v) is 13.6. The average molecular weight is 316 g/mol. The molecule has 1 aromatic carbocycles. The summed E-state index contributed by atoms with van der Waals surface area (Å²) in [5, 5.41) is 12.9. The molecule has 2 aromatic rings. The van der Waals surface area contributed by atoms with E-state index in [0.29, 0.717) is 18.0 Å². The maximum atomic E-state index is 12.5. The smallest absolute Gasteiger partial charge is 0.253 e. The predicted molar refractivity (Wildman–Crippen MR) is 88.0 cm³/mol. The van der Waals surface area contributed by atoms with E-state index in [9.17, 15) is 9.90 Å². The third-order valence-electron chi connectivity index (χ3n) is 3.95. The largest absolute Gasteiger partial charge is 0.391 e. The summed E-state index contributed by atoms with van der Waals surface area (Å²) in [5.41, 5.74) is 2.58. The second-order valence-corrected chi connectivity index (χ2v) is 6.82. The van der Waals surface area contributed by atoms with Crippen molar-refractivity contribution in [2.75, 3.05) is 13.6 Å². The van der Waals surface area contributed by atoms with Crippen LogP contribution in [0.5, 0.6) is 0 Å². The lowest BCUT2D eigenvalue weighted by atomic mass is 10.1. The second-order valence-electron chi connectivity index (χ2n) is 5.97. The van der Waals surface area contributed by atoms with Gasteiger partial charge in [0.15, 0.2) is 0 Å². The number of nitrogens with zero attached hydrogens (tertiary/aromatic N) is 2. The van der Waals surface area contributed by atoms with Gasteiger partial charge in [-0.05, 0) is 37.8 Å². The Balaban J connectivity index is 1.74. The normalized spacial score (nSPS) is 15.6. The second kappa shape index (κ2) is 6.18. The summed E-state index contributed by atoms with van der Waals surface area (Å²) in [6, 6.07) is 7.53. The molecule has 1 fully saturated rings. The summed E-state index contributed by atoms with van der Waals surface area (Å²) >= 11 is 1.58. The Morgan fingerprint density at radius 1 is 1.50 bits per heavy atom. The number of hydrogen-bond donors (Lipinski definition) is 1. The highest BCUT2D eigenvalue weighted by Crippen LogP contribution is 2.33. The van der Waals surface area contributed by atoms with E-state index in [4.69, 9.17) is 0 Å². The number of aryl methyl sites for hydroxylation is 1. The van der Waals surface area contributed by atoms with Crippen LogP contribution in [0.3, 0.4) is 0 Å². The number of thiazole rings is 1. The van der Waals surface area contributed by atoms with Gasteiger partial charge < -0.3 is 10.0 Å². The van der Waals surface area contributed by atoms with E-state index in [2.05, 4.69) is 4.98 Å². The zero-order chi connectivity index (χ0) is 15.7. The Hall–Kier alpha value is -1.72. The van der Waals surface area contributed by atoms with Gasteiger partial charge in [0.25, 0.3) is 5.91 Å². The Morgan fingerprint density at radius 2 is 2.27 bits per heavy atom. The highest BCUT2D eigenvalue weighted by molar-refractivity contribution is 7.13. The number of carbonyl (C=O) groups excluding carboxylic acids is 1. The van der Waals surface area contributed by atoms with Crippen LogP contribution in [0.1, 0.15) is 28.9 Å². The first-order chi connectivity index (χ1) is 10.5. The molecule has 1 saturated carbocycles. The Kier molecular flexibility index (Phi) is 4.27. The minimum atomic E-state index is -0.404. The number of aromatic nitrogens is 1. The van der Waals surface area contributed by atoms with Crippen LogP contribution in [0.2, 0.25) is 0 Å². The molecular weight excluding hydrogens is 296 g/mol. The molecule has 0 spiro atoms. The molecule has 22 heavy (non-hydrogen) atoms. The van der Waals surface area contributed by atoms with E-state index in [1.54, 1.807) is 23.3 Å². The van der Waals surface area contributed by atoms with E-state index in [1.807, 2.05) is 36.6 Å². The van der Waals surface area contributed by atoms with Gasteiger partial charge in [0.1, 0.15) is 5.01 Å². The van der Waals surface area contributed by atoms with Crippen molar-refractivity contribution in [3.8, 4) is 10.6 Å². The van der Waals surface area contributed by atoms with Crippen LogP contribution in [-0.2, 0) is 0 Å². The summed E-state index contributed by atoms with van der Waals surface area (Å²) in [5.74, 6) is 0.315. The number of amides is 1. The molecule has 1 aliphatic rings. The van der Waals surface area contributed by atoms with Crippen molar-refractivity contribution in [2.45, 2.75) is 25.9 Å². The maximum absolute atomic E-state index is 12.5. The van der Waals surface area contributed by atoms with Crippen molar-refractivity contribution < 1.29 is 9.90 Å². The highest BCUT2D eigenvalue weighted by atomic mass is 32.1. The van der Waals surface area contributed by atoms with Crippen molar-refractivity contribution in [1.82, 2.24) is 9.88 Å². The van der Waals surface area contributed by atoms with E-state index < -0.39 is 6.10 Å². The highest BCUT2D eigenvalue weighted by Gasteiger charge is 2.31. The number of aliphatic hydroxyl groups is 1. The lowest BCUT2D eigenvalue weighted by molar-refractivity contribution is 0.0645. The Bertz CT molecular complexity index is 679. The molecule has 116 valence electrons. The minimum Gasteiger partial charge on any atom is -0.391 e. The number of hydrogen-bond acceptors (Lipinski definition) is 4. The molecule has 0 aliphatic heterocycles. The lowest BCUT2D eigenvalue weighted by Gasteiger charge is -2.21. The molecule has 1 heterocycles. The van der Waals surface area contributed by atoms with Gasteiger partial charge in [0.05, 0.1) is 6.10 Å². The molecule has 1 aromatic heterocycles. The van der Waals surface area contributed by atoms with Crippen molar-refractivity contribution >= 4 is 17.2 Å². The first kappa shape index (κ1) is 15.2. The van der Waals surface area contributed by atoms with Crippen LogP contribution >= 0.6 is 11.3 Å². The number of likely N-dealkylation sites (N-methyl/N-ethyl adjacent to an activating group) is 1. The SMILES string of the molecule is Cc1csc(-c2cccc(C(=O)N(C)CC(O)C3CC3)c2)n1. The number of aliphatic hydroxyl groups excluding tert-OH is 1. The van der Waals surface area contributed by atoms with Crippen molar-refractivity contribution in [2.24, 2.45) is 5.92 Å². The summed E-state index contributed by atoms with van der Waals surface area (Å²) in [7, 11) is 1.74. The van der Waals surface area contributed by atoms with Crippen LogP contribution in [0, 0.1) is 12.8 Å². The molecule has 5 heteroatoms. The van der Waals surface area contributed by atoms with Gasteiger partial charge in [-0.25, -0.2) is 4.98 Å². The third-order valence-corrected chi connectivity index (χ3v) is 4.96. The lowest BCUT2D eigenvalue weighted by Crippen LogP contribution is -2.35. The van der Waals surface area contributed by atoms with Crippen molar-refractivity contribution in [3.63, 3.8) is 0 Å². The van der Waals surface area contributed by atoms with E-state index >= 15 is 0 Å². The topological polar surface area (TPSA) is 53.4 Å². The van der Waals surface area contributed by atoms with Crippen LogP contribution in [-0.4, -0.2) is 40.6 Å². The molecule has 4 nitrogen and oxygen atoms in total. The van der Waals surface area contributed by atoms with Crippen LogP contribution in [0.25, 0.3) is 10.6 Å². The van der Waals surface area contributed by atoms with Crippen LogP contribution in [0.4, 0.5) is 0 Å². The van der Waals surface area contributed by atoms with Gasteiger partial charge >= 0.3 is 0 Å². The molecule has 0 radical (unpaired) electrons. The van der Waals surface area contributed by atoms with Gasteiger partial charge in [-0.3, -0.25) is 4.79 Å². The summed E-state index contributed by atoms with van der Waals surface area (Å²) < 4.78 is 0. The van der Waals surface area contributed by atoms with Gasteiger partial charge in [-0.2, -0.15) is 0 Å². The summed E-state index contributed by atoms with van der Waals surface area (Å²) in [6.45, 7) is 2.35. The fourth-order valence-electron chi connectivity index (χ4n) is 2.49. The molecule has 1 amide bonds.